The molecule has 0 atom stereocenters. The highest BCUT2D eigenvalue weighted by Gasteiger charge is 2.17. The zero-order chi connectivity index (χ0) is 21.9. The number of hydrogen-bond donors (Lipinski definition) is 0. The first-order chi connectivity index (χ1) is 14.5. The van der Waals surface area contributed by atoms with Gasteiger partial charge in [0.1, 0.15) is 0 Å². The second-order valence-electron chi connectivity index (χ2n) is 6.71. The van der Waals surface area contributed by atoms with E-state index < -0.39 is 0 Å². The van der Waals surface area contributed by atoms with Gasteiger partial charge in [0.05, 0.1) is 41.6 Å². The number of thioether (sulfide) groups is 1. The minimum Gasteiger partial charge on any atom is -0.340 e. The van der Waals surface area contributed by atoms with Crippen molar-refractivity contribution in [3.63, 3.8) is 0 Å². The Balaban J connectivity index is 2.28. The number of fused-ring (bicyclic) bond motifs is 1. The molecule has 0 aliphatic heterocycles. The van der Waals surface area contributed by atoms with Gasteiger partial charge in [0.25, 0.3) is 5.56 Å². The molecule has 158 valence electrons. The molecule has 0 fully saturated rings. The number of halogens is 1. The van der Waals surface area contributed by atoms with E-state index in [0.717, 1.165) is 23.7 Å². The van der Waals surface area contributed by atoms with Gasteiger partial charge in [-0.05, 0) is 24.6 Å². The van der Waals surface area contributed by atoms with Crippen LogP contribution in [-0.4, -0.2) is 39.2 Å². The lowest BCUT2D eigenvalue weighted by Gasteiger charge is -2.20. The van der Waals surface area contributed by atoms with Gasteiger partial charge in [-0.15, -0.1) is 0 Å². The summed E-state index contributed by atoms with van der Waals surface area (Å²) in [6.07, 6.45) is 3.33. The van der Waals surface area contributed by atoms with E-state index in [1.165, 1.54) is 16.7 Å². The van der Waals surface area contributed by atoms with Crippen LogP contribution in [0.3, 0.4) is 0 Å². The van der Waals surface area contributed by atoms with Crippen LogP contribution in [0, 0.1) is 22.7 Å². The molecular formula is C21H24BrN5O2S. The summed E-state index contributed by atoms with van der Waals surface area (Å²) < 4.78 is 2.47. The fraction of sp³-hybridized carbons (Fsp3) is 0.476. The minimum absolute atomic E-state index is 0.0963. The molecule has 0 radical (unpaired) electrons. The Morgan fingerprint density at radius 1 is 1.23 bits per heavy atom. The number of aromatic nitrogens is 2. The van der Waals surface area contributed by atoms with E-state index in [1.54, 1.807) is 16.7 Å². The van der Waals surface area contributed by atoms with Crippen LogP contribution in [0.1, 0.15) is 39.0 Å². The first kappa shape index (κ1) is 23.9. The van der Waals surface area contributed by atoms with Gasteiger partial charge in [-0.25, -0.2) is 4.98 Å². The quantitative estimate of drug-likeness (QED) is 0.267. The van der Waals surface area contributed by atoms with Gasteiger partial charge < -0.3 is 4.90 Å². The monoisotopic (exact) mass is 489 g/mol. The Morgan fingerprint density at radius 2 is 1.93 bits per heavy atom. The zero-order valence-electron chi connectivity index (χ0n) is 16.9. The van der Waals surface area contributed by atoms with Gasteiger partial charge in [0.2, 0.25) is 5.91 Å². The molecule has 0 N–H and O–H groups in total. The summed E-state index contributed by atoms with van der Waals surface area (Å²) >= 11 is 4.63. The van der Waals surface area contributed by atoms with Crippen molar-refractivity contribution in [1.82, 2.24) is 14.5 Å². The van der Waals surface area contributed by atoms with Crippen LogP contribution in [0.2, 0.25) is 0 Å². The number of nitriles is 2. The normalized spacial score (nSPS) is 10.5. The molecule has 2 aromatic rings. The standard InChI is InChI=1S/C21H24BrN5O2S/c1-2-3-4-13-27-20(29)17-14-16(22)7-8-18(17)25-21(27)30-15-19(28)26(11-5-9-23)12-6-10-24/h7-8,14H,2-6,11-13,15H2,1H3. The summed E-state index contributed by atoms with van der Waals surface area (Å²) in [5.74, 6) is -0.0743. The Hall–Kier alpha value is -2.36. The molecule has 9 heteroatoms. The first-order valence-corrected chi connectivity index (χ1v) is 11.6. The summed E-state index contributed by atoms with van der Waals surface area (Å²) in [6, 6.07) is 9.45. The van der Waals surface area contributed by atoms with Crippen LogP contribution in [-0.2, 0) is 11.3 Å². The number of carbonyl (C=O) groups is 1. The molecule has 0 spiro atoms. The average Bonchev–Trinajstić information content (AvgIpc) is 2.74. The average molecular weight is 490 g/mol. The molecule has 30 heavy (non-hydrogen) atoms. The number of rotatable bonds is 11. The molecule has 0 aliphatic carbocycles. The molecule has 0 saturated carbocycles. The first-order valence-electron chi connectivity index (χ1n) is 9.86. The highest BCUT2D eigenvalue weighted by molar-refractivity contribution is 9.10. The highest BCUT2D eigenvalue weighted by Crippen LogP contribution is 2.21. The van der Waals surface area contributed by atoms with Crippen molar-refractivity contribution in [2.45, 2.75) is 50.7 Å². The lowest BCUT2D eigenvalue weighted by molar-refractivity contribution is -0.128. The number of amides is 1. The maximum atomic E-state index is 13.1. The summed E-state index contributed by atoms with van der Waals surface area (Å²) in [4.78, 5) is 31.9. The molecule has 7 nitrogen and oxygen atoms in total. The van der Waals surface area contributed by atoms with Crippen molar-refractivity contribution >= 4 is 44.5 Å². The molecule has 2 rings (SSSR count). The Bertz CT molecular complexity index is 1010. The van der Waals surface area contributed by atoms with Crippen molar-refractivity contribution in [1.29, 1.82) is 10.5 Å². The van der Waals surface area contributed by atoms with Crippen LogP contribution >= 0.6 is 27.7 Å². The van der Waals surface area contributed by atoms with E-state index in [9.17, 15) is 9.59 Å². The Morgan fingerprint density at radius 3 is 2.57 bits per heavy atom. The van der Waals surface area contributed by atoms with Crippen molar-refractivity contribution in [3.05, 3.63) is 33.0 Å². The molecule has 0 aliphatic rings. The molecule has 0 saturated heterocycles. The SMILES string of the molecule is CCCCCn1c(SCC(=O)N(CCC#N)CCC#N)nc2ccc(Br)cc2c1=O. The molecular weight excluding hydrogens is 466 g/mol. The van der Waals surface area contributed by atoms with E-state index in [0.29, 0.717) is 35.7 Å². The van der Waals surface area contributed by atoms with Crippen LogP contribution in [0.15, 0.2) is 32.6 Å². The van der Waals surface area contributed by atoms with Gasteiger partial charge in [0.15, 0.2) is 5.16 Å². The summed E-state index contributed by atoms with van der Waals surface area (Å²) in [6.45, 7) is 3.23. The summed E-state index contributed by atoms with van der Waals surface area (Å²) in [7, 11) is 0. The highest BCUT2D eigenvalue weighted by atomic mass is 79.9. The zero-order valence-corrected chi connectivity index (χ0v) is 19.3. The molecule has 1 aromatic heterocycles. The predicted octanol–water partition coefficient (Wildman–Crippen LogP) is 4.10. The van der Waals surface area contributed by atoms with Gasteiger partial charge in [-0.1, -0.05) is 47.5 Å². The lowest BCUT2D eigenvalue weighted by Crippen LogP contribution is -2.34. The number of hydrogen-bond acceptors (Lipinski definition) is 6. The van der Waals surface area contributed by atoms with Gasteiger partial charge in [-0.3, -0.25) is 14.2 Å². The smallest absolute Gasteiger partial charge is 0.262 e. The van der Waals surface area contributed by atoms with E-state index in [1.807, 2.05) is 18.2 Å². The van der Waals surface area contributed by atoms with Crippen molar-refractivity contribution in [3.8, 4) is 12.1 Å². The van der Waals surface area contributed by atoms with Gasteiger partial charge >= 0.3 is 0 Å². The van der Waals surface area contributed by atoms with Gasteiger partial charge in [0, 0.05) is 24.1 Å². The molecule has 1 amide bonds. The maximum Gasteiger partial charge on any atom is 0.262 e. The second kappa shape index (κ2) is 12.4. The fourth-order valence-corrected chi connectivity index (χ4v) is 4.24. The van der Waals surface area contributed by atoms with Crippen molar-refractivity contribution in [2.75, 3.05) is 18.8 Å². The third-order valence-electron chi connectivity index (χ3n) is 4.53. The Labute approximate surface area is 188 Å². The second-order valence-corrected chi connectivity index (χ2v) is 8.56. The van der Waals surface area contributed by atoms with Crippen LogP contribution in [0.4, 0.5) is 0 Å². The molecule has 1 aromatic carbocycles. The molecule has 0 bridgehead atoms. The number of benzene rings is 1. The number of nitrogens with zero attached hydrogens (tertiary/aromatic N) is 5. The third kappa shape index (κ3) is 6.58. The summed E-state index contributed by atoms with van der Waals surface area (Å²) in [5, 5.41) is 18.7. The number of carbonyl (C=O) groups excluding carboxylic acids is 1. The predicted molar refractivity (Wildman–Crippen MR) is 121 cm³/mol. The van der Waals surface area contributed by atoms with E-state index in [4.69, 9.17) is 10.5 Å². The maximum absolute atomic E-state index is 13.1. The van der Waals surface area contributed by atoms with Gasteiger partial charge in [-0.2, -0.15) is 10.5 Å². The summed E-state index contributed by atoms with van der Waals surface area (Å²) in [5.41, 5.74) is 0.480. The third-order valence-corrected chi connectivity index (χ3v) is 5.99. The molecule has 1 heterocycles. The van der Waals surface area contributed by atoms with E-state index >= 15 is 0 Å². The minimum atomic E-state index is -0.171. The lowest BCUT2D eigenvalue weighted by atomic mass is 10.2. The van der Waals surface area contributed by atoms with Crippen molar-refractivity contribution < 1.29 is 4.79 Å². The van der Waals surface area contributed by atoms with Crippen LogP contribution in [0.5, 0.6) is 0 Å². The van der Waals surface area contributed by atoms with Crippen molar-refractivity contribution in [2.24, 2.45) is 0 Å². The topological polar surface area (TPSA) is 103 Å². The molecule has 0 unspecified atom stereocenters. The van der Waals surface area contributed by atoms with Crippen LogP contribution < -0.4 is 5.56 Å². The van der Waals surface area contributed by atoms with Crippen LogP contribution in [0.25, 0.3) is 10.9 Å². The van der Waals surface area contributed by atoms with E-state index in [-0.39, 0.29) is 30.1 Å². The Kier molecular flexibility index (Phi) is 9.85. The number of unbranched alkanes of at least 4 members (excludes halogenated alkanes) is 2. The van der Waals surface area contributed by atoms with E-state index in [2.05, 4.69) is 27.8 Å². The largest absolute Gasteiger partial charge is 0.340 e. The fourth-order valence-electron chi connectivity index (χ4n) is 2.95.